The van der Waals surface area contributed by atoms with Crippen LogP contribution in [-0.2, 0) is 24.2 Å². The molecule has 3 heterocycles. The van der Waals surface area contributed by atoms with Crippen molar-refractivity contribution in [2.75, 3.05) is 6.54 Å². The van der Waals surface area contributed by atoms with E-state index in [2.05, 4.69) is 46.3 Å². The summed E-state index contributed by atoms with van der Waals surface area (Å²) in [5.41, 5.74) is 5.37. The normalized spacial score (nSPS) is 22.0. The highest BCUT2D eigenvalue weighted by Gasteiger charge is 2.35. The van der Waals surface area contributed by atoms with Gasteiger partial charge in [-0.25, -0.2) is 9.97 Å². The molecule has 1 saturated heterocycles. The predicted molar refractivity (Wildman–Crippen MR) is 115 cm³/mol. The van der Waals surface area contributed by atoms with E-state index in [0.29, 0.717) is 38.8 Å². The fourth-order valence-electron chi connectivity index (χ4n) is 4.61. The summed E-state index contributed by atoms with van der Waals surface area (Å²) < 4.78 is 0. The molecule has 3 aromatic rings. The number of aliphatic hydroxyl groups is 1. The summed E-state index contributed by atoms with van der Waals surface area (Å²) >= 11 is 0. The molecule has 2 atom stereocenters. The van der Waals surface area contributed by atoms with Crippen LogP contribution in [0.4, 0.5) is 0 Å². The Kier molecular flexibility index (Phi) is 5.15. The Labute approximate surface area is 176 Å². The van der Waals surface area contributed by atoms with E-state index < -0.39 is 6.10 Å². The first kappa shape index (κ1) is 19.1. The SMILES string of the molecule is O=C1CCc2cccc(c2)-c2ccnc(n2)Cc2cccc(c2)CN2C[C@@H](O)C[C@@H]12. The van der Waals surface area contributed by atoms with Gasteiger partial charge < -0.3 is 5.11 Å². The van der Waals surface area contributed by atoms with Crippen LogP contribution in [0.2, 0.25) is 0 Å². The van der Waals surface area contributed by atoms with Gasteiger partial charge in [0.2, 0.25) is 0 Å². The Morgan fingerprint density at radius 3 is 2.73 bits per heavy atom. The summed E-state index contributed by atoms with van der Waals surface area (Å²) in [6, 6.07) is 18.4. The number of benzene rings is 2. The molecule has 30 heavy (non-hydrogen) atoms. The quantitative estimate of drug-likeness (QED) is 0.629. The van der Waals surface area contributed by atoms with Gasteiger partial charge in [-0.15, -0.1) is 0 Å². The molecular weight excluding hydrogens is 374 g/mol. The Morgan fingerprint density at radius 2 is 1.80 bits per heavy atom. The highest BCUT2D eigenvalue weighted by molar-refractivity contribution is 5.84. The van der Waals surface area contributed by atoms with E-state index in [1.807, 2.05) is 24.4 Å². The first-order valence-corrected chi connectivity index (χ1v) is 10.6. The smallest absolute Gasteiger partial charge is 0.150 e. The highest BCUT2D eigenvalue weighted by atomic mass is 16.3. The summed E-state index contributed by atoms with van der Waals surface area (Å²) in [6.07, 6.45) is 3.73. The van der Waals surface area contributed by atoms with E-state index in [1.165, 1.54) is 0 Å². The van der Waals surface area contributed by atoms with E-state index >= 15 is 0 Å². The minimum absolute atomic E-state index is 0.212. The van der Waals surface area contributed by atoms with Crippen LogP contribution in [0.25, 0.3) is 11.3 Å². The highest BCUT2D eigenvalue weighted by Crippen LogP contribution is 2.25. The van der Waals surface area contributed by atoms with Crippen molar-refractivity contribution in [3.05, 3.63) is 83.3 Å². The number of rotatable bonds is 0. The second kappa shape index (κ2) is 8.09. The Hall–Kier alpha value is -2.89. The van der Waals surface area contributed by atoms with E-state index in [-0.39, 0.29) is 11.8 Å². The Bertz CT molecular complexity index is 1080. The molecule has 5 rings (SSSR count). The van der Waals surface area contributed by atoms with Gasteiger partial charge in [0.25, 0.3) is 0 Å². The summed E-state index contributed by atoms with van der Waals surface area (Å²) in [7, 11) is 0. The monoisotopic (exact) mass is 399 g/mol. The zero-order valence-electron chi connectivity index (χ0n) is 16.9. The van der Waals surface area contributed by atoms with Gasteiger partial charge in [-0.05, 0) is 41.7 Å². The van der Waals surface area contributed by atoms with Crippen LogP contribution in [0.15, 0.2) is 60.8 Å². The molecule has 5 heteroatoms. The van der Waals surface area contributed by atoms with Crippen LogP contribution in [0, 0.1) is 0 Å². The average Bonchev–Trinajstić information content (AvgIpc) is 3.12. The number of aromatic nitrogens is 2. The second-order valence-corrected chi connectivity index (χ2v) is 8.36. The number of aliphatic hydroxyl groups excluding tert-OH is 1. The number of carbonyl (C=O) groups is 1. The lowest BCUT2D eigenvalue weighted by molar-refractivity contribution is -0.123. The van der Waals surface area contributed by atoms with Gasteiger partial charge in [0, 0.05) is 37.7 Å². The Balaban J connectivity index is 1.55. The third kappa shape index (κ3) is 4.04. The van der Waals surface area contributed by atoms with Crippen molar-refractivity contribution in [1.82, 2.24) is 14.9 Å². The lowest BCUT2D eigenvalue weighted by Gasteiger charge is -2.23. The van der Waals surface area contributed by atoms with E-state index in [0.717, 1.165) is 33.8 Å². The molecule has 1 aromatic heterocycles. The van der Waals surface area contributed by atoms with Crippen LogP contribution in [0.5, 0.6) is 0 Å². The maximum atomic E-state index is 13.0. The number of ketones is 1. The van der Waals surface area contributed by atoms with Crippen LogP contribution in [0.3, 0.4) is 0 Å². The number of hydrogen-bond donors (Lipinski definition) is 1. The minimum atomic E-state index is -0.442. The van der Waals surface area contributed by atoms with Crippen LogP contribution < -0.4 is 0 Å². The molecule has 1 fully saturated rings. The minimum Gasteiger partial charge on any atom is -0.392 e. The topological polar surface area (TPSA) is 66.3 Å². The maximum Gasteiger partial charge on any atom is 0.150 e. The zero-order chi connectivity index (χ0) is 20.5. The fraction of sp³-hybridized carbons (Fsp3) is 0.320. The fourth-order valence-corrected chi connectivity index (χ4v) is 4.61. The molecule has 2 aliphatic rings. The molecule has 0 spiro atoms. The van der Waals surface area contributed by atoms with Crippen LogP contribution >= 0.6 is 0 Å². The third-order valence-electron chi connectivity index (χ3n) is 6.08. The summed E-state index contributed by atoms with van der Waals surface area (Å²) in [6.45, 7) is 1.21. The molecule has 0 amide bonds. The van der Waals surface area contributed by atoms with E-state index in [1.54, 1.807) is 0 Å². The van der Waals surface area contributed by atoms with Crippen molar-refractivity contribution in [2.24, 2.45) is 0 Å². The molecule has 2 aliphatic heterocycles. The largest absolute Gasteiger partial charge is 0.392 e. The molecule has 2 aromatic carbocycles. The summed E-state index contributed by atoms with van der Waals surface area (Å²) in [4.78, 5) is 24.4. The first-order valence-electron chi connectivity index (χ1n) is 10.6. The van der Waals surface area contributed by atoms with E-state index in [9.17, 15) is 9.90 Å². The molecule has 0 unspecified atom stereocenters. The van der Waals surface area contributed by atoms with Gasteiger partial charge in [0.1, 0.15) is 11.6 Å². The molecule has 6 bridgehead atoms. The number of nitrogens with zero attached hydrogens (tertiary/aromatic N) is 3. The van der Waals surface area contributed by atoms with Crippen molar-refractivity contribution in [3.63, 3.8) is 0 Å². The van der Waals surface area contributed by atoms with Crippen molar-refractivity contribution in [3.8, 4) is 11.3 Å². The van der Waals surface area contributed by atoms with Crippen LogP contribution in [-0.4, -0.2) is 44.4 Å². The predicted octanol–water partition coefficient (Wildman–Crippen LogP) is 3.18. The van der Waals surface area contributed by atoms with Gasteiger partial charge in [-0.3, -0.25) is 9.69 Å². The van der Waals surface area contributed by atoms with Gasteiger partial charge in [-0.1, -0.05) is 42.5 Å². The molecule has 5 nitrogen and oxygen atoms in total. The molecule has 1 N–H and O–H groups in total. The van der Waals surface area contributed by atoms with Crippen molar-refractivity contribution < 1.29 is 9.90 Å². The van der Waals surface area contributed by atoms with Gasteiger partial charge in [-0.2, -0.15) is 0 Å². The number of hydrogen-bond acceptors (Lipinski definition) is 5. The molecule has 0 saturated carbocycles. The zero-order valence-corrected chi connectivity index (χ0v) is 16.9. The number of aryl methyl sites for hydroxylation is 1. The van der Waals surface area contributed by atoms with Crippen LogP contribution in [0.1, 0.15) is 35.4 Å². The van der Waals surface area contributed by atoms with Gasteiger partial charge in [0.05, 0.1) is 17.8 Å². The molecule has 0 radical (unpaired) electrons. The van der Waals surface area contributed by atoms with Crippen molar-refractivity contribution >= 4 is 5.78 Å². The lowest BCUT2D eigenvalue weighted by atomic mass is 9.99. The lowest BCUT2D eigenvalue weighted by Crippen LogP contribution is -2.35. The molecule has 152 valence electrons. The van der Waals surface area contributed by atoms with Crippen molar-refractivity contribution in [1.29, 1.82) is 0 Å². The third-order valence-corrected chi connectivity index (χ3v) is 6.08. The van der Waals surface area contributed by atoms with E-state index in [4.69, 9.17) is 4.98 Å². The number of fused-ring (bicyclic) bond motifs is 8. The molecular formula is C25H25N3O2. The number of carbonyl (C=O) groups excluding carboxylic acids is 1. The van der Waals surface area contributed by atoms with Gasteiger partial charge in [0.15, 0.2) is 0 Å². The Morgan fingerprint density at radius 1 is 0.967 bits per heavy atom. The molecule has 0 aliphatic carbocycles. The maximum absolute atomic E-state index is 13.0. The number of Topliss-reactive ketones (excluding diaryl/α,β-unsaturated/α-hetero) is 1. The average molecular weight is 399 g/mol. The van der Waals surface area contributed by atoms with Gasteiger partial charge >= 0.3 is 0 Å². The summed E-state index contributed by atoms with van der Waals surface area (Å²) in [5, 5.41) is 10.2. The summed E-state index contributed by atoms with van der Waals surface area (Å²) in [5.74, 6) is 1.01. The first-order chi connectivity index (χ1) is 14.6. The van der Waals surface area contributed by atoms with Crippen molar-refractivity contribution in [2.45, 2.75) is 44.4 Å². The standard InChI is InChI=1S/C25H25N3O2/c29-21-14-23-24(30)8-7-17-3-2-6-20(12-17)22-9-10-26-25(27-22)13-18-4-1-5-19(11-18)15-28(23)16-21/h1-6,9-12,21,23,29H,7-8,13-16H2/t21-,23-/m0/s1. The second-order valence-electron chi connectivity index (χ2n) is 8.36.